The average Bonchev–Trinajstić information content (AvgIpc) is 3.65. The Bertz CT molecular complexity index is 2290. The lowest BCUT2D eigenvalue weighted by Gasteiger charge is -2.36. The number of ether oxygens (including phenoxy) is 2. The van der Waals surface area contributed by atoms with Gasteiger partial charge < -0.3 is 14.4 Å². The predicted molar refractivity (Wildman–Crippen MR) is 207 cm³/mol. The number of esters is 2. The van der Waals surface area contributed by atoms with Crippen molar-refractivity contribution >= 4 is 67.2 Å². The molecule has 10 nitrogen and oxygen atoms in total. The van der Waals surface area contributed by atoms with E-state index >= 15 is 0 Å². The Morgan fingerprint density at radius 2 is 1.42 bits per heavy atom. The molecule has 12 heteroatoms. The van der Waals surface area contributed by atoms with Gasteiger partial charge in [-0.2, -0.15) is 0 Å². The molecule has 0 fully saturated rings. The molecule has 52 heavy (non-hydrogen) atoms. The number of anilines is 1. The van der Waals surface area contributed by atoms with Gasteiger partial charge in [0.15, 0.2) is 11.7 Å². The van der Waals surface area contributed by atoms with Crippen LogP contribution in [0.5, 0.6) is 0 Å². The van der Waals surface area contributed by atoms with Gasteiger partial charge in [0.05, 0.1) is 66.7 Å². The molecule has 0 aliphatic carbocycles. The number of hydrogen-bond donors (Lipinski definition) is 0. The number of aliphatic imine (C=N–C) groups is 3. The summed E-state index contributed by atoms with van der Waals surface area (Å²) < 4.78 is 15.1. The number of nitrogens with zero attached hydrogens (tertiary/aromatic N) is 6. The topological polar surface area (TPSA) is 111 Å². The number of imidazole rings is 1. The second-order valence-corrected chi connectivity index (χ2v) is 14.7. The van der Waals surface area contributed by atoms with Gasteiger partial charge in [0, 0.05) is 37.6 Å². The molecule has 3 aliphatic heterocycles. The number of rotatable bonds is 8. The van der Waals surface area contributed by atoms with Crippen LogP contribution in [0, 0.1) is 0 Å². The second kappa shape index (κ2) is 14.1. The van der Waals surface area contributed by atoms with Crippen molar-refractivity contribution in [2.45, 2.75) is 31.5 Å². The maximum atomic E-state index is 13.5. The lowest BCUT2D eigenvalue weighted by atomic mass is 9.91. The van der Waals surface area contributed by atoms with Gasteiger partial charge in [-0.3, -0.25) is 19.5 Å². The Hall–Kier alpha value is -5.20. The van der Waals surface area contributed by atoms with Gasteiger partial charge in [0.2, 0.25) is 0 Å². The fourth-order valence-electron chi connectivity index (χ4n) is 6.88. The van der Waals surface area contributed by atoms with E-state index in [-0.39, 0.29) is 25.5 Å². The lowest BCUT2D eigenvalue weighted by Crippen LogP contribution is -2.54. The Balaban J connectivity index is 0.922. The van der Waals surface area contributed by atoms with Crippen LogP contribution >= 0.6 is 31.9 Å². The molecule has 2 unspecified atom stereocenters. The molecule has 3 aliphatic rings. The summed E-state index contributed by atoms with van der Waals surface area (Å²) in [4.78, 5) is 47.8. The second-order valence-electron chi connectivity index (χ2n) is 12.8. The van der Waals surface area contributed by atoms with Crippen LogP contribution in [0.15, 0.2) is 127 Å². The van der Waals surface area contributed by atoms with E-state index in [4.69, 9.17) is 19.5 Å². The van der Waals surface area contributed by atoms with Gasteiger partial charge in [-0.1, -0.05) is 92.5 Å². The van der Waals surface area contributed by atoms with Crippen LogP contribution in [-0.2, 0) is 20.8 Å². The number of hydrogen-bond acceptors (Lipinski definition) is 9. The van der Waals surface area contributed by atoms with Gasteiger partial charge in [-0.25, -0.2) is 14.6 Å². The number of fused-ring (bicyclic) bond motifs is 6. The molecule has 4 aromatic carbocycles. The van der Waals surface area contributed by atoms with Crippen molar-refractivity contribution in [3.05, 3.63) is 146 Å². The molecule has 5 aromatic rings. The summed E-state index contributed by atoms with van der Waals surface area (Å²) in [6, 6.07) is 31.2. The highest BCUT2D eigenvalue weighted by molar-refractivity contribution is 9.10. The van der Waals surface area contributed by atoms with Gasteiger partial charge in [-0.05, 0) is 43.3 Å². The van der Waals surface area contributed by atoms with Crippen molar-refractivity contribution in [3.8, 4) is 5.69 Å². The summed E-state index contributed by atoms with van der Waals surface area (Å²) in [5.74, 6) is -1.02. The van der Waals surface area contributed by atoms with E-state index in [0.717, 1.165) is 54.0 Å². The van der Waals surface area contributed by atoms with E-state index in [0.29, 0.717) is 18.7 Å². The molecular formula is C40H32Br2N6O4. The van der Waals surface area contributed by atoms with Crippen LogP contribution in [0.4, 0.5) is 5.69 Å². The molecule has 0 saturated heterocycles. The molecule has 0 radical (unpaired) electrons. The Kier molecular flexibility index (Phi) is 9.18. The summed E-state index contributed by atoms with van der Waals surface area (Å²) >= 11 is 7.20. The van der Waals surface area contributed by atoms with E-state index in [2.05, 4.69) is 41.8 Å². The van der Waals surface area contributed by atoms with Crippen molar-refractivity contribution < 1.29 is 19.1 Å². The van der Waals surface area contributed by atoms with Gasteiger partial charge in [0.1, 0.15) is 6.33 Å². The zero-order valence-electron chi connectivity index (χ0n) is 28.1. The number of aromatic nitrogens is 2. The zero-order valence-corrected chi connectivity index (χ0v) is 31.2. The minimum absolute atomic E-state index is 0.0464. The van der Waals surface area contributed by atoms with Crippen molar-refractivity contribution in [2.24, 2.45) is 15.0 Å². The fourth-order valence-corrected chi connectivity index (χ4v) is 7.61. The number of halogens is 2. The monoisotopic (exact) mass is 818 g/mol. The standard InChI is InChI=1S/C40H32Br2N6O4/c1-40-22-44-35(26-11-6-3-7-12-26)30-20-28(42)14-16-32(30)48(40)24-46-37(40)39(50)52-18-8-17-51-38(49)36-33-21-43-34(25-9-4-2-5-10-25)29-19-27(41)13-15-31(29)47(33)23-45-36/h2-7,9-16,19-20,23-24,37H,8,17-18,21-22H2,1H3. The van der Waals surface area contributed by atoms with Crippen molar-refractivity contribution in [1.29, 1.82) is 0 Å². The van der Waals surface area contributed by atoms with Crippen LogP contribution in [-0.4, -0.2) is 70.6 Å². The Morgan fingerprint density at radius 1 is 0.808 bits per heavy atom. The first-order valence-corrected chi connectivity index (χ1v) is 18.4. The predicted octanol–water partition coefficient (Wildman–Crippen LogP) is 7.37. The molecule has 0 spiro atoms. The summed E-state index contributed by atoms with van der Waals surface area (Å²) in [5.41, 5.74) is 7.36. The molecule has 260 valence electrons. The molecule has 2 atom stereocenters. The van der Waals surface area contributed by atoms with Crippen molar-refractivity contribution in [2.75, 3.05) is 24.7 Å². The smallest absolute Gasteiger partial charge is 0.358 e. The molecule has 0 amide bonds. The summed E-state index contributed by atoms with van der Waals surface area (Å²) in [7, 11) is 0. The largest absolute Gasteiger partial charge is 0.464 e. The third-order valence-corrected chi connectivity index (χ3v) is 10.5. The zero-order chi connectivity index (χ0) is 35.8. The number of benzene rings is 4. The van der Waals surface area contributed by atoms with E-state index in [1.165, 1.54) is 0 Å². The number of carbonyl (C=O) groups is 2. The number of carbonyl (C=O) groups excluding carboxylic acids is 2. The maximum Gasteiger partial charge on any atom is 0.358 e. The highest BCUT2D eigenvalue weighted by atomic mass is 79.9. The average molecular weight is 821 g/mol. The molecule has 4 heterocycles. The van der Waals surface area contributed by atoms with Crippen LogP contribution in [0.2, 0.25) is 0 Å². The molecule has 0 saturated carbocycles. The lowest BCUT2D eigenvalue weighted by molar-refractivity contribution is -0.146. The van der Waals surface area contributed by atoms with Crippen LogP contribution < -0.4 is 4.90 Å². The molecule has 0 N–H and O–H groups in total. The Labute approximate surface area is 317 Å². The van der Waals surface area contributed by atoms with Crippen LogP contribution in [0.3, 0.4) is 0 Å². The quantitative estimate of drug-likeness (QED) is 0.120. The SMILES string of the molecule is CC12CN=C(c3ccccc3)c3cc(Br)ccc3N1C=NC2C(=O)OCCCOC(=O)c1ncn2c1CN=C(c1ccccc1)c1cc(Br)ccc1-2. The first-order chi connectivity index (χ1) is 25.3. The minimum atomic E-state index is -0.795. The summed E-state index contributed by atoms with van der Waals surface area (Å²) in [6.07, 6.45) is 3.65. The summed E-state index contributed by atoms with van der Waals surface area (Å²) in [6.45, 7) is 2.66. The first kappa shape index (κ1) is 33.9. The molecular weight excluding hydrogens is 788 g/mol. The normalized spacial score (nSPS) is 18.5. The van der Waals surface area contributed by atoms with Crippen LogP contribution in [0.1, 0.15) is 51.8 Å². The highest BCUT2D eigenvalue weighted by Crippen LogP contribution is 2.39. The Morgan fingerprint density at radius 3 is 2.12 bits per heavy atom. The first-order valence-electron chi connectivity index (χ1n) is 16.8. The minimum Gasteiger partial charge on any atom is -0.464 e. The maximum absolute atomic E-state index is 13.5. The highest BCUT2D eigenvalue weighted by Gasteiger charge is 2.50. The van der Waals surface area contributed by atoms with Crippen LogP contribution in [0.25, 0.3) is 5.69 Å². The van der Waals surface area contributed by atoms with Crippen molar-refractivity contribution in [1.82, 2.24) is 9.55 Å². The van der Waals surface area contributed by atoms with E-state index in [1.807, 2.05) is 113 Å². The third kappa shape index (κ3) is 6.19. The molecule has 1 aromatic heterocycles. The van der Waals surface area contributed by atoms with E-state index < -0.39 is 23.5 Å². The van der Waals surface area contributed by atoms with Gasteiger partial charge in [-0.15, -0.1) is 0 Å². The van der Waals surface area contributed by atoms with Gasteiger partial charge >= 0.3 is 11.9 Å². The van der Waals surface area contributed by atoms with E-state index in [1.54, 1.807) is 12.7 Å². The molecule has 8 rings (SSSR count). The summed E-state index contributed by atoms with van der Waals surface area (Å²) in [5, 5.41) is 0. The van der Waals surface area contributed by atoms with Gasteiger partial charge in [0.25, 0.3) is 0 Å². The van der Waals surface area contributed by atoms with E-state index in [9.17, 15) is 9.59 Å². The van der Waals surface area contributed by atoms with Crippen molar-refractivity contribution in [3.63, 3.8) is 0 Å². The third-order valence-electron chi connectivity index (χ3n) is 9.51. The molecule has 0 bridgehead atoms. The fraction of sp³-hybridized carbons (Fsp3) is 0.200.